The summed E-state index contributed by atoms with van der Waals surface area (Å²) in [5.41, 5.74) is 6.72. The number of ether oxygens (including phenoxy) is 1. The Balaban J connectivity index is 1.72. The van der Waals surface area contributed by atoms with Gasteiger partial charge in [0.25, 0.3) is 0 Å². The van der Waals surface area contributed by atoms with E-state index in [9.17, 15) is 13.6 Å². The van der Waals surface area contributed by atoms with Crippen LogP contribution >= 0.6 is 11.6 Å². The molecule has 2 aromatic carbocycles. The molecule has 2 aromatic heterocycles. The molecule has 2 heterocycles. The highest BCUT2D eigenvalue weighted by Gasteiger charge is 2.28. The Kier molecular flexibility index (Phi) is 7.11. The first-order valence-electron chi connectivity index (χ1n) is 10.8. The summed E-state index contributed by atoms with van der Waals surface area (Å²) < 4.78 is 35.2. The maximum absolute atomic E-state index is 13.9. The van der Waals surface area contributed by atoms with E-state index in [1.807, 2.05) is 30.3 Å². The molecule has 1 amide bonds. The topological polar surface area (TPSA) is 94.5 Å². The molecule has 0 fully saturated rings. The van der Waals surface area contributed by atoms with Crippen LogP contribution in [-0.2, 0) is 16.1 Å². The Morgan fingerprint density at radius 2 is 1.83 bits per heavy atom. The zero-order valence-corrected chi connectivity index (χ0v) is 19.9. The largest absolute Gasteiger partial charge is 0.374 e. The van der Waals surface area contributed by atoms with Crippen molar-refractivity contribution >= 4 is 23.2 Å². The predicted octanol–water partition coefficient (Wildman–Crippen LogP) is 4.44. The van der Waals surface area contributed by atoms with Crippen LogP contribution in [0.1, 0.15) is 31.3 Å². The molecule has 0 radical (unpaired) electrons. The van der Waals surface area contributed by atoms with E-state index in [0.29, 0.717) is 23.6 Å². The zero-order valence-electron chi connectivity index (χ0n) is 19.1. The molecule has 0 bridgehead atoms. The molecule has 0 unspecified atom stereocenters. The summed E-state index contributed by atoms with van der Waals surface area (Å²) >= 11 is 6.35. The second-order valence-electron chi connectivity index (χ2n) is 8.73. The number of nitrogens with zero attached hydrogens (tertiary/aromatic N) is 3. The smallest absolute Gasteiger partial charge is 0.240 e. The van der Waals surface area contributed by atoms with E-state index in [1.165, 1.54) is 12.1 Å². The van der Waals surface area contributed by atoms with Crippen molar-refractivity contribution in [2.75, 3.05) is 6.61 Å². The minimum absolute atomic E-state index is 0.0634. The van der Waals surface area contributed by atoms with Crippen molar-refractivity contribution in [2.45, 2.75) is 32.0 Å². The molecule has 0 aliphatic carbocycles. The molecule has 0 saturated carbocycles. The van der Waals surface area contributed by atoms with Gasteiger partial charge in [0.15, 0.2) is 11.5 Å². The molecule has 10 heteroatoms. The number of rotatable bonds is 8. The fraction of sp³-hybridized carbons (Fsp3) is 0.240. The first-order chi connectivity index (χ1) is 16.6. The SMILES string of the molecule is CC(C)(N)C(=O)N[C@H](COCc1ccccc1)c1nnc2c(-c3cc(F)cc(F)c3)cc(Cl)cn12. The minimum Gasteiger partial charge on any atom is -0.374 e. The Bertz CT molecular complexity index is 1340. The summed E-state index contributed by atoms with van der Waals surface area (Å²) in [6, 6.07) is 13.5. The van der Waals surface area contributed by atoms with Gasteiger partial charge < -0.3 is 15.8 Å². The van der Waals surface area contributed by atoms with Gasteiger partial charge in [-0.2, -0.15) is 0 Å². The molecule has 182 valence electrons. The number of hydrogen-bond donors (Lipinski definition) is 2. The van der Waals surface area contributed by atoms with Crippen molar-refractivity contribution < 1.29 is 18.3 Å². The van der Waals surface area contributed by atoms with E-state index in [2.05, 4.69) is 15.5 Å². The fourth-order valence-corrected chi connectivity index (χ4v) is 3.74. The van der Waals surface area contributed by atoms with Gasteiger partial charge >= 0.3 is 0 Å². The Labute approximate surface area is 205 Å². The third kappa shape index (κ3) is 5.82. The number of halogens is 3. The van der Waals surface area contributed by atoms with Crippen LogP contribution in [0.25, 0.3) is 16.8 Å². The van der Waals surface area contributed by atoms with Crippen molar-refractivity contribution in [2.24, 2.45) is 5.73 Å². The number of pyridine rings is 1. The van der Waals surface area contributed by atoms with E-state index in [1.54, 1.807) is 30.5 Å². The Morgan fingerprint density at radius 3 is 2.49 bits per heavy atom. The second-order valence-corrected chi connectivity index (χ2v) is 9.17. The summed E-state index contributed by atoms with van der Waals surface area (Å²) in [6.07, 6.45) is 1.56. The van der Waals surface area contributed by atoms with Gasteiger partial charge in [-0.25, -0.2) is 8.78 Å². The molecular formula is C25H24ClF2N5O2. The molecule has 0 saturated heterocycles. The average molecular weight is 500 g/mol. The van der Waals surface area contributed by atoms with Crippen LogP contribution in [0.2, 0.25) is 5.02 Å². The van der Waals surface area contributed by atoms with Crippen molar-refractivity contribution in [3.05, 3.63) is 88.8 Å². The van der Waals surface area contributed by atoms with E-state index in [-0.39, 0.29) is 17.2 Å². The molecular weight excluding hydrogens is 476 g/mol. The highest BCUT2D eigenvalue weighted by atomic mass is 35.5. The van der Waals surface area contributed by atoms with Gasteiger partial charge in [0.1, 0.15) is 17.7 Å². The van der Waals surface area contributed by atoms with Crippen LogP contribution in [-0.4, -0.2) is 32.7 Å². The number of aromatic nitrogens is 3. The van der Waals surface area contributed by atoms with E-state index in [0.717, 1.165) is 11.6 Å². The molecule has 3 N–H and O–H groups in total. The van der Waals surface area contributed by atoms with Gasteiger partial charge in [-0.3, -0.25) is 9.20 Å². The summed E-state index contributed by atoms with van der Waals surface area (Å²) in [4.78, 5) is 12.7. The summed E-state index contributed by atoms with van der Waals surface area (Å²) in [7, 11) is 0. The Hall–Kier alpha value is -3.40. The molecule has 0 spiro atoms. The van der Waals surface area contributed by atoms with E-state index in [4.69, 9.17) is 22.1 Å². The standard InChI is InChI=1S/C25H24ClF2N5O2/c1-25(2,29)24(34)30-21(14-35-13-15-6-4-3-5-7-15)23-32-31-22-20(10-17(26)12-33(22)23)16-8-18(27)11-19(28)9-16/h3-12,21H,13-14,29H2,1-2H3,(H,30,34)/t21-/m1/s1. The van der Waals surface area contributed by atoms with Crippen molar-refractivity contribution in [1.29, 1.82) is 0 Å². The predicted molar refractivity (Wildman–Crippen MR) is 129 cm³/mol. The molecule has 0 aliphatic rings. The molecule has 4 aromatic rings. The third-order valence-electron chi connectivity index (χ3n) is 5.27. The molecule has 7 nitrogen and oxygen atoms in total. The maximum atomic E-state index is 13.9. The number of carbonyl (C=O) groups is 1. The lowest BCUT2D eigenvalue weighted by Crippen LogP contribution is -2.50. The number of nitrogens with one attached hydrogen (secondary N) is 1. The maximum Gasteiger partial charge on any atom is 0.240 e. The second kappa shape index (κ2) is 10.1. The van der Waals surface area contributed by atoms with Crippen LogP contribution < -0.4 is 11.1 Å². The van der Waals surface area contributed by atoms with Crippen molar-refractivity contribution in [3.8, 4) is 11.1 Å². The quantitative estimate of drug-likeness (QED) is 0.374. The van der Waals surface area contributed by atoms with Crippen molar-refractivity contribution in [3.63, 3.8) is 0 Å². The zero-order chi connectivity index (χ0) is 25.2. The summed E-state index contributed by atoms with van der Waals surface area (Å²) in [5, 5.41) is 11.6. The average Bonchev–Trinajstić information content (AvgIpc) is 3.20. The van der Waals surface area contributed by atoms with Gasteiger partial charge in [-0.15, -0.1) is 10.2 Å². The highest BCUT2D eigenvalue weighted by Crippen LogP contribution is 2.30. The minimum atomic E-state index is -1.15. The van der Waals surface area contributed by atoms with Gasteiger partial charge in [0, 0.05) is 17.8 Å². The van der Waals surface area contributed by atoms with Crippen LogP contribution in [0.5, 0.6) is 0 Å². The van der Waals surface area contributed by atoms with Crippen LogP contribution in [0.15, 0.2) is 60.8 Å². The third-order valence-corrected chi connectivity index (χ3v) is 5.48. The monoisotopic (exact) mass is 499 g/mol. The Morgan fingerprint density at radius 1 is 1.14 bits per heavy atom. The lowest BCUT2D eigenvalue weighted by atomic mass is 10.1. The lowest BCUT2D eigenvalue weighted by Gasteiger charge is -2.23. The number of hydrogen-bond acceptors (Lipinski definition) is 5. The molecule has 0 aliphatic heterocycles. The number of amides is 1. The molecule has 1 atom stereocenters. The first-order valence-corrected chi connectivity index (χ1v) is 11.2. The summed E-state index contributed by atoms with van der Waals surface area (Å²) in [6.45, 7) is 3.54. The normalized spacial score (nSPS) is 12.6. The van der Waals surface area contributed by atoms with Gasteiger partial charge in [-0.05, 0) is 43.2 Å². The number of benzene rings is 2. The fourth-order valence-electron chi connectivity index (χ4n) is 3.53. The van der Waals surface area contributed by atoms with Crippen molar-refractivity contribution in [1.82, 2.24) is 19.9 Å². The van der Waals surface area contributed by atoms with E-state index < -0.39 is 29.1 Å². The van der Waals surface area contributed by atoms with E-state index >= 15 is 0 Å². The van der Waals surface area contributed by atoms with Crippen LogP contribution in [0.3, 0.4) is 0 Å². The lowest BCUT2D eigenvalue weighted by molar-refractivity contribution is -0.126. The molecule has 4 rings (SSSR count). The van der Waals surface area contributed by atoms with Gasteiger partial charge in [0.2, 0.25) is 5.91 Å². The highest BCUT2D eigenvalue weighted by molar-refractivity contribution is 6.30. The number of fused-ring (bicyclic) bond motifs is 1. The van der Waals surface area contributed by atoms with Gasteiger partial charge in [-0.1, -0.05) is 41.9 Å². The first kappa shape index (κ1) is 24.7. The number of nitrogens with two attached hydrogens (primary N) is 1. The summed E-state index contributed by atoms with van der Waals surface area (Å²) in [5.74, 6) is -1.56. The molecule has 35 heavy (non-hydrogen) atoms. The number of carbonyl (C=O) groups excluding carboxylic acids is 1. The van der Waals surface area contributed by atoms with Gasteiger partial charge in [0.05, 0.1) is 23.8 Å². The van der Waals surface area contributed by atoms with Crippen LogP contribution in [0, 0.1) is 11.6 Å². The van der Waals surface area contributed by atoms with Crippen LogP contribution in [0.4, 0.5) is 8.78 Å².